The molecular formula is C20H29NO4. The van der Waals surface area contributed by atoms with E-state index in [2.05, 4.69) is 12.2 Å². The molecule has 1 amide bonds. The average molecular weight is 347 g/mol. The lowest BCUT2D eigenvalue weighted by atomic mass is 9.81. The molecule has 2 rings (SSSR count). The van der Waals surface area contributed by atoms with Crippen LogP contribution in [0.4, 0.5) is 0 Å². The van der Waals surface area contributed by atoms with Gasteiger partial charge in [0.1, 0.15) is 5.75 Å². The SMILES string of the molecule is COC(=O)C(CNC(=O)CC1CCCC(C)C1)Cc1ccc(O)cc1. The molecule has 0 aliphatic heterocycles. The molecule has 5 heteroatoms. The molecule has 3 unspecified atom stereocenters. The summed E-state index contributed by atoms with van der Waals surface area (Å²) >= 11 is 0. The molecule has 0 saturated heterocycles. The Morgan fingerprint density at radius 2 is 2.00 bits per heavy atom. The Kier molecular flexibility index (Phi) is 7.29. The number of phenols is 1. The number of aromatic hydroxyl groups is 1. The minimum Gasteiger partial charge on any atom is -0.508 e. The van der Waals surface area contributed by atoms with Gasteiger partial charge in [-0.2, -0.15) is 0 Å². The average Bonchev–Trinajstić information content (AvgIpc) is 2.59. The highest BCUT2D eigenvalue weighted by atomic mass is 16.5. The van der Waals surface area contributed by atoms with Gasteiger partial charge in [0.05, 0.1) is 13.0 Å². The first-order chi connectivity index (χ1) is 12.0. The molecule has 1 aromatic rings. The fourth-order valence-electron chi connectivity index (χ4n) is 3.64. The van der Waals surface area contributed by atoms with Gasteiger partial charge in [-0.15, -0.1) is 0 Å². The smallest absolute Gasteiger partial charge is 0.310 e. The first kappa shape index (κ1) is 19.3. The van der Waals surface area contributed by atoms with E-state index in [4.69, 9.17) is 4.74 Å². The van der Waals surface area contributed by atoms with Gasteiger partial charge in [-0.05, 0) is 48.8 Å². The normalized spacial score (nSPS) is 21.4. The van der Waals surface area contributed by atoms with Gasteiger partial charge in [0.2, 0.25) is 5.91 Å². The highest BCUT2D eigenvalue weighted by Crippen LogP contribution is 2.30. The van der Waals surface area contributed by atoms with E-state index in [0.29, 0.717) is 24.7 Å². The Labute approximate surface area is 149 Å². The first-order valence-electron chi connectivity index (χ1n) is 9.10. The van der Waals surface area contributed by atoms with Gasteiger partial charge in [0.15, 0.2) is 0 Å². The summed E-state index contributed by atoms with van der Waals surface area (Å²) in [5.41, 5.74) is 0.920. The van der Waals surface area contributed by atoms with Crippen LogP contribution in [0.15, 0.2) is 24.3 Å². The van der Waals surface area contributed by atoms with Crippen LogP contribution >= 0.6 is 0 Å². The van der Waals surface area contributed by atoms with Gasteiger partial charge in [-0.25, -0.2) is 0 Å². The molecule has 2 N–H and O–H groups in total. The van der Waals surface area contributed by atoms with Crippen LogP contribution in [-0.2, 0) is 20.7 Å². The van der Waals surface area contributed by atoms with Crippen molar-refractivity contribution in [3.8, 4) is 5.75 Å². The molecule has 0 heterocycles. The maximum atomic E-state index is 12.2. The highest BCUT2D eigenvalue weighted by molar-refractivity contribution is 5.78. The van der Waals surface area contributed by atoms with Crippen molar-refractivity contribution in [1.29, 1.82) is 0 Å². The molecule has 138 valence electrons. The number of amides is 1. The number of carbonyl (C=O) groups excluding carboxylic acids is 2. The quantitative estimate of drug-likeness (QED) is 0.743. The Hall–Kier alpha value is -2.04. The zero-order valence-corrected chi connectivity index (χ0v) is 15.2. The molecule has 0 radical (unpaired) electrons. The Morgan fingerprint density at radius 3 is 2.64 bits per heavy atom. The van der Waals surface area contributed by atoms with Gasteiger partial charge < -0.3 is 15.2 Å². The largest absolute Gasteiger partial charge is 0.508 e. The predicted molar refractivity (Wildman–Crippen MR) is 96.1 cm³/mol. The van der Waals surface area contributed by atoms with E-state index in [-0.39, 0.29) is 24.2 Å². The fraction of sp³-hybridized carbons (Fsp3) is 0.600. The van der Waals surface area contributed by atoms with Crippen LogP contribution < -0.4 is 5.32 Å². The van der Waals surface area contributed by atoms with Crippen molar-refractivity contribution in [3.05, 3.63) is 29.8 Å². The van der Waals surface area contributed by atoms with Crippen LogP contribution in [0.5, 0.6) is 5.75 Å². The third-order valence-electron chi connectivity index (χ3n) is 5.02. The van der Waals surface area contributed by atoms with E-state index in [1.807, 2.05) is 0 Å². The lowest BCUT2D eigenvalue weighted by molar-refractivity contribution is -0.145. The summed E-state index contributed by atoms with van der Waals surface area (Å²) in [5.74, 6) is 0.594. The van der Waals surface area contributed by atoms with E-state index in [1.165, 1.54) is 20.0 Å². The lowest BCUT2D eigenvalue weighted by Gasteiger charge is -2.26. The van der Waals surface area contributed by atoms with Crippen molar-refractivity contribution in [2.75, 3.05) is 13.7 Å². The second kappa shape index (κ2) is 9.44. The van der Waals surface area contributed by atoms with Crippen LogP contribution in [0.3, 0.4) is 0 Å². The molecule has 0 bridgehead atoms. The molecule has 1 aliphatic rings. The molecule has 1 saturated carbocycles. The topological polar surface area (TPSA) is 75.6 Å². The van der Waals surface area contributed by atoms with Crippen LogP contribution in [0.25, 0.3) is 0 Å². The standard InChI is InChI=1S/C20H29NO4/c1-14-4-3-5-16(10-14)12-19(23)21-13-17(20(24)25-2)11-15-6-8-18(22)9-7-15/h6-9,14,16-17,22H,3-5,10-13H2,1-2H3,(H,21,23). The van der Waals surface area contributed by atoms with Gasteiger partial charge in [0, 0.05) is 13.0 Å². The summed E-state index contributed by atoms with van der Waals surface area (Å²) in [4.78, 5) is 24.2. The van der Waals surface area contributed by atoms with Crippen LogP contribution in [0.2, 0.25) is 0 Å². The summed E-state index contributed by atoms with van der Waals surface area (Å²) in [7, 11) is 1.36. The van der Waals surface area contributed by atoms with Crippen LogP contribution in [0, 0.1) is 17.8 Å². The Morgan fingerprint density at radius 1 is 1.28 bits per heavy atom. The maximum Gasteiger partial charge on any atom is 0.310 e. The van der Waals surface area contributed by atoms with Gasteiger partial charge in [0.25, 0.3) is 0 Å². The van der Waals surface area contributed by atoms with Crippen molar-refractivity contribution in [3.63, 3.8) is 0 Å². The molecule has 25 heavy (non-hydrogen) atoms. The number of carbonyl (C=O) groups is 2. The predicted octanol–water partition coefficient (Wildman–Crippen LogP) is 3.06. The number of hydrogen-bond acceptors (Lipinski definition) is 4. The summed E-state index contributed by atoms with van der Waals surface area (Å²) in [6.07, 6.45) is 5.69. The summed E-state index contributed by atoms with van der Waals surface area (Å²) in [5, 5.41) is 12.3. The zero-order chi connectivity index (χ0) is 18.2. The molecule has 0 spiro atoms. The summed E-state index contributed by atoms with van der Waals surface area (Å²) in [6, 6.07) is 6.73. The molecule has 5 nitrogen and oxygen atoms in total. The number of nitrogens with one attached hydrogen (secondary N) is 1. The van der Waals surface area contributed by atoms with E-state index >= 15 is 0 Å². The first-order valence-corrected chi connectivity index (χ1v) is 9.10. The fourth-order valence-corrected chi connectivity index (χ4v) is 3.64. The van der Waals surface area contributed by atoms with Crippen molar-refractivity contribution in [2.24, 2.45) is 17.8 Å². The minimum atomic E-state index is -0.427. The van der Waals surface area contributed by atoms with Crippen molar-refractivity contribution >= 4 is 11.9 Å². The Balaban J connectivity index is 1.85. The number of esters is 1. The second-order valence-electron chi connectivity index (χ2n) is 7.24. The molecule has 0 aromatic heterocycles. The molecular weight excluding hydrogens is 318 g/mol. The number of ether oxygens (including phenoxy) is 1. The molecule has 3 atom stereocenters. The third kappa shape index (κ3) is 6.40. The minimum absolute atomic E-state index is 0.0127. The summed E-state index contributed by atoms with van der Waals surface area (Å²) in [6.45, 7) is 2.52. The van der Waals surface area contributed by atoms with E-state index in [1.54, 1.807) is 24.3 Å². The van der Waals surface area contributed by atoms with E-state index < -0.39 is 5.92 Å². The second-order valence-corrected chi connectivity index (χ2v) is 7.24. The maximum absolute atomic E-state index is 12.2. The van der Waals surface area contributed by atoms with Gasteiger partial charge in [-0.3, -0.25) is 9.59 Å². The zero-order valence-electron chi connectivity index (χ0n) is 15.2. The monoisotopic (exact) mass is 347 g/mol. The molecule has 1 fully saturated rings. The van der Waals surface area contributed by atoms with Crippen molar-refractivity contribution in [1.82, 2.24) is 5.32 Å². The van der Waals surface area contributed by atoms with Crippen LogP contribution in [-0.4, -0.2) is 30.6 Å². The highest BCUT2D eigenvalue weighted by Gasteiger charge is 2.24. The number of phenolic OH excluding ortho intramolecular Hbond substituents is 1. The van der Waals surface area contributed by atoms with Gasteiger partial charge >= 0.3 is 5.97 Å². The van der Waals surface area contributed by atoms with Crippen molar-refractivity contribution in [2.45, 2.75) is 45.4 Å². The summed E-state index contributed by atoms with van der Waals surface area (Å²) < 4.78 is 4.87. The van der Waals surface area contributed by atoms with E-state index in [9.17, 15) is 14.7 Å². The lowest BCUT2D eigenvalue weighted by Crippen LogP contribution is -2.35. The Bertz CT molecular complexity index is 570. The number of rotatable bonds is 7. The number of hydrogen-bond donors (Lipinski definition) is 2. The molecule has 1 aliphatic carbocycles. The van der Waals surface area contributed by atoms with Crippen LogP contribution in [0.1, 0.15) is 44.6 Å². The third-order valence-corrected chi connectivity index (χ3v) is 5.02. The van der Waals surface area contributed by atoms with E-state index in [0.717, 1.165) is 18.4 Å². The van der Waals surface area contributed by atoms with Crippen molar-refractivity contribution < 1.29 is 19.4 Å². The molecule has 1 aromatic carbocycles. The number of methoxy groups -OCH3 is 1. The van der Waals surface area contributed by atoms with Gasteiger partial charge in [-0.1, -0.05) is 31.9 Å². The number of benzene rings is 1.